The van der Waals surface area contributed by atoms with E-state index in [1.165, 1.54) is 25.7 Å². The van der Waals surface area contributed by atoms with Crippen molar-refractivity contribution in [2.24, 2.45) is 5.41 Å². The number of ether oxygens (including phenoxy) is 1. The summed E-state index contributed by atoms with van der Waals surface area (Å²) in [6, 6.07) is 2.37. The van der Waals surface area contributed by atoms with Crippen molar-refractivity contribution in [1.82, 2.24) is 9.97 Å². The molecule has 0 aliphatic heterocycles. The van der Waals surface area contributed by atoms with Crippen molar-refractivity contribution in [3.05, 3.63) is 12.4 Å². The van der Waals surface area contributed by atoms with Crippen LogP contribution in [0.4, 0.5) is 5.82 Å². The Balaban J connectivity index is 2.06. The molecule has 1 atom stereocenters. The number of rotatable bonds is 4. The largest absolute Gasteiger partial charge is 0.478 e. The van der Waals surface area contributed by atoms with Gasteiger partial charge in [0.15, 0.2) is 0 Å². The Bertz CT molecular complexity index is 392. The molecule has 1 aromatic heterocycles. The van der Waals surface area contributed by atoms with Gasteiger partial charge in [-0.1, -0.05) is 26.7 Å². The first kappa shape index (κ1) is 13.1. The van der Waals surface area contributed by atoms with Gasteiger partial charge in [-0.2, -0.15) is 0 Å². The maximum Gasteiger partial charge on any atom is 0.218 e. The molecular formula is C14H23N3O. The van der Waals surface area contributed by atoms with Crippen molar-refractivity contribution in [1.29, 1.82) is 0 Å². The third-order valence-corrected chi connectivity index (χ3v) is 3.76. The van der Waals surface area contributed by atoms with E-state index in [1.54, 1.807) is 6.33 Å². The van der Waals surface area contributed by atoms with Crippen molar-refractivity contribution in [3.8, 4) is 5.88 Å². The normalized spacial score (nSPS) is 22.5. The molecule has 100 valence electrons. The van der Waals surface area contributed by atoms with Crippen LogP contribution in [0.1, 0.15) is 46.5 Å². The van der Waals surface area contributed by atoms with E-state index in [2.05, 4.69) is 29.1 Å². The molecule has 1 aromatic rings. The van der Waals surface area contributed by atoms with E-state index in [-0.39, 0.29) is 0 Å². The minimum Gasteiger partial charge on any atom is -0.478 e. The number of nitrogens with one attached hydrogen (secondary N) is 1. The van der Waals surface area contributed by atoms with Crippen LogP contribution in [-0.4, -0.2) is 22.6 Å². The lowest BCUT2D eigenvalue weighted by Crippen LogP contribution is -2.39. The molecule has 18 heavy (non-hydrogen) atoms. The van der Waals surface area contributed by atoms with E-state index in [9.17, 15) is 0 Å². The van der Waals surface area contributed by atoms with Gasteiger partial charge in [-0.05, 0) is 25.2 Å². The van der Waals surface area contributed by atoms with E-state index in [1.807, 2.05) is 13.0 Å². The quantitative estimate of drug-likeness (QED) is 0.889. The molecule has 1 fully saturated rings. The molecule has 0 aromatic carbocycles. The Morgan fingerprint density at radius 1 is 1.39 bits per heavy atom. The molecule has 0 radical (unpaired) electrons. The van der Waals surface area contributed by atoms with Gasteiger partial charge in [-0.25, -0.2) is 9.97 Å². The van der Waals surface area contributed by atoms with Crippen molar-refractivity contribution >= 4 is 5.82 Å². The van der Waals surface area contributed by atoms with E-state index in [0.717, 1.165) is 5.82 Å². The van der Waals surface area contributed by atoms with Gasteiger partial charge in [0.2, 0.25) is 5.88 Å². The van der Waals surface area contributed by atoms with Gasteiger partial charge in [0, 0.05) is 12.1 Å². The van der Waals surface area contributed by atoms with Crippen molar-refractivity contribution in [3.63, 3.8) is 0 Å². The van der Waals surface area contributed by atoms with Crippen molar-refractivity contribution in [2.75, 3.05) is 11.9 Å². The highest BCUT2D eigenvalue weighted by atomic mass is 16.5. The van der Waals surface area contributed by atoms with Gasteiger partial charge < -0.3 is 10.1 Å². The third-order valence-electron chi connectivity index (χ3n) is 3.76. The molecule has 0 saturated heterocycles. The second kappa shape index (κ2) is 5.55. The molecule has 4 heteroatoms. The smallest absolute Gasteiger partial charge is 0.218 e. The zero-order valence-electron chi connectivity index (χ0n) is 11.6. The highest BCUT2D eigenvalue weighted by Crippen LogP contribution is 2.37. The average Bonchev–Trinajstić information content (AvgIpc) is 2.33. The van der Waals surface area contributed by atoms with Crippen LogP contribution in [0.5, 0.6) is 5.88 Å². The topological polar surface area (TPSA) is 47.0 Å². The molecule has 0 spiro atoms. The predicted molar refractivity (Wildman–Crippen MR) is 72.9 cm³/mol. The van der Waals surface area contributed by atoms with Gasteiger partial charge in [0.1, 0.15) is 12.1 Å². The van der Waals surface area contributed by atoms with Crippen LogP contribution in [0.15, 0.2) is 12.4 Å². The molecule has 4 nitrogen and oxygen atoms in total. The van der Waals surface area contributed by atoms with E-state index in [0.29, 0.717) is 23.9 Å². The molecule has 1 N–H and O–H groups in total. The Kier molecular flexibility index (Phi) is 4.04. The van der Waals surface area contributed by atoms with Crippen LogP contribution in [0.25, 0.3) is 0 Å². The third kappa shape index (κ3) is 3.12. The SMILES string of the molecule is CCOc1cc(NC2CCCCC2(C)C)ncn1. The number of hydrogen-bond acceptors (Lipinski definition) is 4. The maximum atomic E-state index is 5.40. The second-order valence-electron chi connectivity index (χ2n) is 5.61. The Morgan fingerprint density at radius 3 is 2.94 bits per heavy atom. The van der Waals surface area contributed by atoms with Gasteiger partial charge in [-0.15, -0.1) is 0 Å². The van der Waals surface area contributed by atoms with Gasteiger partial charge in [0.25, 0.3) is 0 Å². The molecule has 1 aliphatic rings. The Hall–Kier alpha value is -1.32. The van der Waals surface area contributed by atoms with Gasteiger partial charge >= 0.3 is 0 Å². The van der Waals surface area contributed by atoms with Gasteiger partial charge in [-0.3, -0.25) is 0 Å². The van der Waals surface area contributed by atoms with E-state index >= 15 is 0 Å². The molecule has 2 rings (SSSR count). The zero-order valence-corrected chi connectivity index (χ0v) is 11.6. The minimum absolute atomic E-state index is 0.328. The summed E-state index contributed by atoms with van der Waals surface area (Å²) < 4.78 is 5.40. The minimum atomic E-state index is 0.328. The molecule has 0 bridgehead atoms. The molecule has 1 aliphatic carbocycles. The second-order valence-corrected chi connectivity index (χ2v) is 5.61. The van der Waals surface area contributed by atoms with Crippen LogP contribution < -0.4 is 10.1 Å². The summed E-state index contributed by atoms with van der Waals surface area (Å²) >= 11 is 0. The molecule has 1 heterocycles. The maximum absolute atomic E-state index is 5.40. The Morgan fingerprint density at radius 2 is 2.22 bits per heavy atom. The summed E-state index contributed by atoms with van der Waals surface area (Å²) in [5.41, 5.74) is 0.328. The van der Waals surface area contributed by atoms with Crippen LogP contribution in [0, 0.1) is 5.41 Å². The molecule has 1 saturated carbocycles. The van der Waals surface area contributed by atoms with Crippen LogP contribution in [-0.2, 0) is 0 Å². The van der Waals surface area contributed by atoms with Crippen LogP contribution >= 0.6 is 0 Å². The zero-order chi connectivity index (χ0) is 13.0. The van der Waals surface area contributed by atoms with Crippen molar-refractivity contribution in [2.45, 2.75) is 52.5 Å². The Labute approximate surface area is 109 Å². The van der Waals surface area contributed by atoms with Gasteiger partial charge in [0.05, 0.1) is 6.61 Å². The fourth-order valence-corrected chi connectivity index (χ4v) is 2.59. The summed E-state index contributed by atoms with van der Waals surface area (Å²) in [6.45, 7) is 7.24. The summed E-state index contributed by atoms with van der Waals surface area (Å²) in [5.74, 6) is 1.51. The fourth-order valence-electron chi connectivity index (χ4n) is 2.59. The first-order valence-electron chi connectivity index (χ1n) is 6.83. The number of aromatic nitrogens is 2. The van der Waals surface area contributed by atoms with E-state index < -0.39 is 0 Å². The standard InChI is InChI=1S/C14H23N3O/c1-4-18-13-9-12(15-10-16-13)17-11-7-5-6-8-14(11,2)3/h9-11H,4-8H2,1-3H3,(H,15,16,17). The molecule has 0 amide bonds. The highest BCUT2D eigenvalue weighted by molar-refractivity contribution is 5.38. The molecular weight excluding hydrogens is 226 g/mol. The summed E-state index contributed by atoms with van der Waals surface area (Å²) in [5, 5.41) is 3.54. The summed E-state index contributed by atoms with van der Waals surface area (Å²) in [6.07, 6.45) is 6.67. The monoisotopic (exact) mass is 249 g/mol. The van der Waals surface area contributed by atoms with E-state index in [4.69, 9.17) is 4.74 Å². The number of nitrogens with zero attached hydrogens (tertiary/aromatic N) is 2. The average molecular weight is 249 g/mol. The summed E-state index contributed by atoms with van der Waals surface area (Å²) in [4.78, 5) is 8.36. The number of anilines is 1. The lowest BCUT2D eigenvalue weighted by Gasteiger charge is -2.39. The number of hydrogen-bond donors (Lipinski definition) is 1. The fraction of sp³-hybridized carbons (Fsp3) is 0.714. The summed E-state index contributed by atoms with van der Waals surface area (Å²) in [7, 11) is 0. The lowest BCUT2D eigenvalue weighted by molar-refractivity contribution is 0.216. The van der Waals surface area contributed by atoms with Crippen molar-refractivity contribution < 1.29 is 4.74 Å². The molecule has 1 unspecified atom stereocenters. The lowest BCUT2D eigenvalue weighted by atomic mass is 9.73. The highest BCUT2D eigenvalue weighted by Gasteiger charge is 2.32. The first-order chi connectivity index (χ1) is 8.62. The predicted octanol–water partition coefficient (Wildman–Crippen LogP) is 3.26. The van der Waals surface area contributed by atoms with Crippen LogP contribution in [0.3, 0.4) is 0 Å². The van der Waals surface area contributed by atoms with Crippen LogP contribution in [0.2, 0.25) is 0 Å². The first-order valence-corrected chi connectivity index (χ1v) is 6.83.